The van der Waals surface area contributed by atoms with Crippen LogP contribution in [0.4, 0.5) is 5.69 Å². The van der Waals surface area contributed by atoms with Crippen LogP contribution in [-0.4, -0.2) is 18.0 Å². The third-order valence-corrected chi connectivity index (χ3v) is 1.40. The predicted molar refractivity (Wildman–Crippen MR) is 43.3 cm³/mol. The molecular formula is C8H6NO4. The van der Waals surface area contributed by atoms with Crippen molar-refractivity contribution in [3.8, 4) is 0 Å². The monoisotopic (exact) mass is 180 g/mol. The number of carbonyl (C=O) groups is 1. The second-order valence-corrected chi connectivity index (χ2v) is 2.21. The van der Waals surface area contributed by atoms with Gasteiger partial charge < -0.3 is 4.74 Å². The SMILES string of the molecule is COC(=O)c1[c]ccc([N+](=O)[O-])c1. The summed E-state index contributed by atoms with van der Waals surface area (Å²) in [6.45, 7) is 0. The molecule has 0 bridgehead atoms. The topological polar surface area (TPSA) is 69.4 Å². The van der Waals surface area contributed by atoms with Gasteiger partial charge in [-0.3, -0.25) is 10.1 Å². The van der Waals surface area contributed by atoms with Crippen LogP contribution in [-0.2, 0) is 4.74 Å². The van der Waals surface area contributed by atoms with Gasteiger partial charge in [-0.25, -0.2) is 4.79 Å². The fourth-order valence-electron chi connectivity index (χ4n) is 0.796. The number of methoxy groups -OCH3 is 1. The summed E-state index contributed by atoms with van der Waals surface area (Å²) in [5.41, 5.74) is -0.101. The van der Waals surface area contributed by atoms with Crippen LogP contribution >= 0.6 is 0 Å². The second kappa shape index (κ2) is 3.66. The molecule has 5 nitrogen and oxygen atoms in total. The van der Waals surface area contributed by atoms with Crippen molar-refractivity contribution in [3.63, 3.8) is 0 Å². The van der Waals surface area contributed by atoms with Crippen LogP contribution in [0.2, 0.25) is 0 Å². The van der Waals surface area contributed by atoms with E-state index in [1.807, 2.05) is 0 Å². The molecule has 0 saturated carbocycles. The number of rotatable bonds is 2. The summed E-state index contributed by atoms with van der Waals surface area (Å²) in [7, 11) is 1.20. The van der Waals surface area contributed by atoms with Crippen molar-refractivity contribution in [1.29, 1.82) is 0 Å². The zero-order chi connectivity index (χ0) is 9.84. The van der Waals surface area contributed by atoms with Gasteiger partial charge in [0, 0.05) is 12.1 Å². The van der Waals surface area contributed by atoms with E-state index >= 15 is 0 Å². The van der Waals surface area contributed by atoms with Gasteiger partial charge >= 0.3 is 5.97 Å². The third-order valence-electron chi connectivity index (χ3n) is 1.40. The maximum Gasteiger partial charge on any atom is 0.338 e. The van der Waals surface area contributed by atoms with E-state index in [0.29, 0.717) is 0 Å². The number of ether oxygens (including phenoxy) is 1. The highest BCUT2D eigenvalue weighted by Gasteiger charge is 2.11. The molecule has 1 radical (unpaired) electrons. The number of esters is 1. The van der Waals surface area contributed by atoms with Crippen LogP contribution in [0.3, 0.4) is 0 Å². The Labute approximate surface area is 74.1 Å². The smallest absolute Gasteiger partial charge is 0.338 e. The molecule has 67 valence electrons. The lowest BCUT2D eigenvalue weighted by molar-refractivity contribution is -0.384. The van der Waals surface area contributed by atoms with Gasteiger partial charge in [-0.1, -0.05) is 0 Å². The molecule has 0 amide bonds. The largest absolute Gasteiger partial charge is 0.465 e. The fraction of sp³-hybridized carbons (Fsp3) is 0.125. The van der Waals surface area contributed by atoms with E-state index < -0.39 is 10.9 Å². The molecule has 0 aliphatic carbocycles. The first-order chi connectivity index (χ1) is 6.15. The summed E-state index contributed by atoms with van der Waals surface area (Å²) in [5, 5.41) is 10.3. The summed E-state index contributed by atoms with van der Waals surface area (Å²) in [4.78, 5) is 20.6. The van der Waals surface area contributed by atoms with E-state index in [1.54, 1.807) is 0 Å². The predicted octanol–water partition coefficient (Wildman–Crippen LogP) is 1.18. The van der Waals surface area contributed by atoms with Crippen molar-refractivity contribution in [2.45, 2.75) is 0 Å². The highest BCUT2D eigenvalue weighted by atomic mass is 16.6. The Balaban J connectivity index is 3.05. The Hall–Kier alpha value is -1.91. The van der Waals surface area contributed by atoms with E-state index in [9.17, 15) is 14.9 Å². The molecule has 13 heavy (non-hydrogen) atoms. The maximum absolute atomic E-state index is 10.9. The molecule has 0 atom stereocenters. The average molecular weight is 180 g/mol. The van der Waals surface area contributed by atoms with Crippen molar-refractivity contribution in [2.75, 3.05) is 7.11 Å². The minimum absolute atomic E-state index is 0.0525. The molecule has 0 N–H and O–H groups in total. The van der Waals surface area contributed by atoms with E-state index in [4.69, 9.17) is 0 Å². The van der Waals surface area contributed by atoms with Gasteiger partial charge in [0.15, 0.2) is 0 Å². The first-order valence-corrected chi connectivity index (χ1v) is 3.39. The first-order valence-electron chi connectivity index (χ1n) is 3.39. The molecular weight excluding hydrogens is 174 g/mol. The van der Waals surface area contributed by atoms with E-state index in [2.05, 4.69) is 10.8 Å². The summed E-state index contributed by atoms with van der Waals surface area (Å²) in [5.74, 6) is -0.635. The molecule has 0 fully saturated rings. The van der Waals surface area contributed by atoms with Gasteiger partial charge in [0.25, 0.3) is 5.69 Å². The highest BCUT2D eigenvalue weighted by Crippen LogP contribution is 2.12. The van der Waals surface area contributed by atoms with Crippen LogP contribution in [0.5, 0.6) is 0 Å². The Morgan fingerprint density at radius 2 is 2.38 bits per heavy atom. The molecule has 5 heteroatoms. The lowest BCUT2D eigenvalue weighted by Crippen LogP contribution is -2.01. The number of benzene rings is 1. The van der Waals surface area contributed by atoms with Crippen LogP contribution in [0.25, 0.3) is 0 Å². The average Bonchev–Trinajstić information content (AvgIpc) is 2.17. The summed E-state index contributed by atoms with van der Waals surface area (Å²) in [6.07, 6.45) is 0. The van der Waals surface area contributed by atoms with Gasteiger partial charge in [0.2, 0.25) is 0 Å². The van der Waals surface area contributed by atoms with Crippen LogP contribution in [0.1, 0.15) is 10.4 Å². The summed E-state index contributed by atoms with van der Waals surface area (Å²) >= 11 is 0. The second-order valence-electron chi connectivity index (χ2n) is 2.21. The van der Waals surface area contributed by atoms with Crippen molar-refractivity contribution in [2.24, 2.45) is 0 Å². The molecule has 0 aromatic heterocycles. The lowest BCUT2D eigenvalue weighted by Gasteiger charge is -1.96. The normalized spacial score (nSPS) is 9.31. The quantitative estimate of drug-likeness (QED) is 0.389. The fourth-order valence-corrected chi connectivity index (χ4v) is 0.796. The molecule has 1 aromatic rings. The summed E-state index contributed by atoms with van der Waals surface area (Å²) < 4.78 is 4.38. The number of non-ortho nitro benzene ring substituents is 1. The van der Waals surface area contributed by atoms with Gasteiger partial charge in [0.1, 0.15) is 0 Å². The van der Waals surface area contributed by atoms with E-state index in [0.717, 1.165) is 6.07 Å². The number of hydrogen-bond acceptors (Lipinski definition) is 4. The number of nitrogens with zero attached hydrogens (tertiary/aromatic N) is 1. The highest BCUT2D eigenvalue weighted by molar-refractivity contribution is 5.89. The zero-order valence-corrected chi connectivity index (χ0v) is 6.81. The zero-order valence-electron chi connectivity index (χ0n) is 6.81. The van der Waals surface area contributed by atoms with Gasteiger partial charge in [-0.15, -0.1) is 0 Å². The van der Waals surface area contributed by atoms with Crippen LogP contribution in [0, 0.1) is 16.2 Å². The molecule has 0 unspecified atom stereocenters. The number of nitro benzene ring substituents is 1. The molecule has 0 heterocycles. The Morgan fingerprint density at radius 1 is 1.69 bits per heavy atom. The molecule has 0 spiro atoms. The molecule has 1 rings (SSSR count). The van der Waals surface area contributed by atoms with Crippen molar-refractivity contribution in [1.82, 2.24) is 0 Å². The Kier molecular flexibility index (Phi) is 2.59. The van der Waals surface area contributed by atoms with Crippen LogP contribution in [0.15, 0.2) is 18.2 Å². The van der Waals surface area contributed by atoms with Crippen molar-refractivity contribution in [3.05, 3.63) is 39.9 Å². The van der Waals surface area contributed by atoms with E-state index in [1.165, 1.54) is 19.2 Å². The number of nitro groups is 1. The van der Waals surface area contributed by atoms with Crippen molar-refractivity contribution >= 4 is 11.7 Å². The van der Waals surface area contributed by atoms with E-state index in [-0.39, 0.29) is 11.3 Å². The number of carbonyl (C=O) groups excluding carboxylic acids is 1. The Bertz CT molecular complexity index is 348. The molecule has 0 aliphatic heterocycles. The minimum Gasteiger partial charge on any atom is -0.465 e. The maximum atomic E-state index is 10.9. The van der Waals surface area contributed by atoms with Gasteiger partial charge in [0.05, 0.1) is 17.6 Å². The van der Waals surface area contributed by atoms with Gasteiger partial charge in [-0.2, -0.15) is 0 Å². The molecule has 1 aromatic carbocycles. The summed E-state index contributed by atoms with van der Waals surface area (Å²) in [6, 6.07) is 6.22. The number of hydrogen-bond donors (Lipinski definition) is 0. The van der Waals surface area contributed by atoms with Gasteiger partial charge in [-0.05, 0) is 12.1 Å². The molecule has 0 aliphatic rings. The van der Waals surface area contributed by atoms with Crippen molar-refractivity contribution < 1.29 is 14.5 Å². The lowest BCUT2D eigenvalue weighted by atomic mass is 10.2. The Morgan fingerprint density at radius 3 is 2.92 bits per heavy atom. The first kappa shape index (κ1) is 9.18. The minimum atomic E-state index is -0.635. The standard InChI is InChI=1S/C8H6NO4/c1-13-8(10)6-3-2-4-7(5-6)9(11)12/h2,4-5H,1H3. The molecule has 0 saturated heterocycles. The third kappa shape index (κ3) is 2.02. The van der Waals surface area contributed by atoms with Crippen LogP contribution < -0.4 is 0 Å².